The number of nitriles is 1. The molecule has 12 heteroatoms. The molecule has 0 spiro atoms. The predicted octanol–water partition coefficient (Wildman–Crippen LogP) is 3.15. The first-order valence-corrected chi connectivity index (χ1v) is 12.4. The highest BCUT2D eigenvalue weighted by atomic mass is 19.1. The topological polar surface area (TPSA) is 130 Å². The second kappa shape index (κ2) is 12.3. The molecule has 0 radical (unpaired) electrons. The minimum Gasteiger partial charge on any atom is -0.381 e. The summed E-state index contributed by atoms with van der Waals surface area (Å²) >= 11 is 0. The van der Waals surface area contributed by atoms with Crippen LogP contribution < -0.4 is 10.2 Å². The van der Waals surface area contributed by atoms with Crippen LogP contribution in [0.1, 0.15) is 47.9 Å². The molecule has 1 fully saturated rings. The summed E-state index contributed by atoms with van der Waals surface area (Å²) in [4.78, 5) is 38.1. The summed E-state index contributed by atoms with van der Waals surface area (Å²) in [6, 6.07) is 4.10. The Bertz CT molecular complexity index is 1230. The first-order valence-electron chi connectivity index (χ1n) is 12.4. The van der Waals surface area contributed by atoms with Crippen LogP contribution in [0.5, 0.6) is 0 Å². The first-order chi connectivity index (χ1) is 18.4. The Morgan fingerprint density at radius 1 is 1.32 bits per heavy atom. The number of aromatic nitrogens is 2. The largest absolute Gasteiger partial charge is 0.381 e. The van der Waals surface area contributed by atoms with Crippen molar-refractivity contribution in [2.24, 2.45) is 5.92 Å². The molecule has 2 aromatic rings. The van der Waals surface area contributed by atoms with Gasteiger partial charge >= 0.3 is 6.03 Å². The van der Waals surface area contributed by atoms with E-state index >= 15 is 0 Å². The Kier molecular flexibility index (Phi) is 8.83. The number of anilines is 2. The second-order valence-corrected chi connectivity index (χ2v) is 9.25. The molecule has 0 aliphatic carbocycles. The van der Waals surface area contributed by atoms with Crippen molar-refractivity contribution >= 4 is 23.6 Å². The van der Waals surface area contributed by atoms with Crippen LogP contribution in [0.3, 0.4) is 0 Å². The van der Waals surface area contributed by atoms with E-state index in [4.69, 9.17) is 24.5 Å². The van der Waals surface area contributed by atoms with Crippen molar-refractivity contribution in [1.82, 2.24) is 14.9 Å². The summed E-state index contributed by atoms with van der Waals surface area (Å²) in [7, 11) is 4.75. The number of rotatable bonds is 7. The number of pyridine rings is 2. The van der Waals surface area contributed by atoms with Crippen molar-refractivity contribution < 1.29 is 28.2 Å². The van der Waals surface area contributed by atoms with Crippen LogP contribution in [0.25, 0.3) is 0 Å². The number of ether oxygens (including phenoxy) is 3. The highest BCUT2D eigenvalue weighted by molar-refractivity contribution is 6.01. The van der Waals surface area contributed by atoms with Gasteiger partial charge < -0.3 is 19.1 Å². The highest BCUT2D eigenvalue weighted by Gasteiger charge is 2.30. The van der Waals surface area contributed by atoms with Gasteiger partial charge in [0.25, 0.3) is 0 Å². The van der Waals surface area contributed by atoms with Gasteiger partial charge in [0.05, 0.1) is 6.20 Å². The van der Waals surface area contributed by atoms with Crippen molar-refractivity contribution in [1.29, 1.82) is 5.26 Å². The van der Waals surface area contributed by atoms with E-state index in [0.29, 0.717) is 63.5 Å². The van der Waals surface area contributed by atoms with Gasteiger partial charge in [0.2, 0.25) is 12.2 Å². The number of urea groups is 1. The van der Waals surface area contributed by atoms with Crippen LogP contribution in [0.4, 0.5) is 20.8 Å². The number of nitrogens with zero attached hydrogens (tertiary/aromatic N) is 5. The summed E-state index contributed by atoms with van der Waals surface area (Å²) in [5, 5.41) is 11.5. The van der Waals surface area contributed by atoms with E-state index in [0.717, 1.165) is 23.4 Å². The number of nitrogens with one attached hydrogen (secondary N) is 1. The molecule has 1 N–H and O–H groups in total. The number of hydrogen-bond donors (Lipinski definition) is 1. The van der Waals surface area contributed by atoms with Gasteiger partial charge in [-0.15, -0.1) is 0 Å². The van der Waals surface area contributed by atoms with E-state index in [-0.39, 0.29) is 23.2 Å². The molecule has 2 aliphatic rings. The zero-order chi connectivity index (χ0) is 27.2. The number of carbonyl (C=O) groups is 2. The van der Waals surface area contributed by atoms with Crippen LogP contribution >= 0.6 is 0 Å². The van der Waals surface area contributed by atoms with E-state index in [2.05, 4.69) is 10.3 Å². The fourth-order valence-electron chi connectivity index (χ4n) is 4.75. The normalized spacial score (nSPS) is 15.6. The quantitative estimate of drug-likeness (QED) is 0.545. The molecule has 4 rings (SSSR count). The smallest absolute Gasteiger partial charge is 0.328 e. The van der Waals surface area contributed by atoms with Crippen LogP contribution in [-0.2, 0) is 32.0 Å². The van der Waals surface area contributed by atoms with Gasteiger partial charge in [-0.25, -0.2) is 19.2 Å². The summed E-state index contributed by atoms with van der Waals surface area (Å²) in [5.74, 6) is -0.395. The molecule has 38 heavy (non-hydrogen) atoms. The van der Waals surface area contributed by atoms with Crippen molar-refractivity contribution in [2.75, 3.05) is 51.2 Å². The number of carbonyl (C=O) groups excluding carboxylic acids is 2. The maximum atomic E-state index is 14.0. The molecule has 0 saturated carbocycles. The summed E-state index contributed by atoms with van der Waals surface area (Å²) in [6.45, 7) is 1.84. The maximum absolute atomic E-state index is 14.0. The highest BCUT2D eigenvalue weighted by Crippen LogP contribution is 2.32. The first kappa shape index (κ1) is 27.4. The fourth-order valence-corrected chi connectivity index (χ4v) is 4.75. The molecule has 4 heterocycles. The number of fused-ring (bicyclic) bond motifs is 1. The SMILES string of the molecule is COC(OC)c1nc2c(cc1CN(C)C(=O)C1CCOCC1)CCCN2C(=O)Nc1cc(F)c(C#N)cn1. The van der Waals surface area contributed by atoms with Gasteiger partial charge in [-0.2, -0.15) is 5.26 Å². The third-order valence-electron chi connectivity index (χ3n) is 6.73. The lowest BCUT2D eigenvalue weighted by atomic mass is 9.98. The molecule has 0 aromatic carbocycles. The van der Waals surface area contributed by atoms with Crippen molar-refractivity contribution in [3.63, 3.8) is 0 Å². The second-order valence-electron chi connectivity index (χ2n) is 9.25. The monoisotopic (exact) mass is 526 g/mol. The third kappa shape index (κ3) is 5.91. The minimum absolute atomic E-state index is 0.0182. The van der Waals surface area contributed by atoms with E-state index in [1.807, 2.05) is 6.07 Å². The molecule has 2 aromatic heterocycles. The molecule has 202 valence electrons. The van der Waals surface area contributed by atoms with E-state index in [9.17, 15) is 14.0 Å². The molecule has 2 aliphatic heterocycles. The molecule has 11 nitrogen and oxygen atoms in total. The average molecular weight is 527 g/mol. The third-order valence-corrected chi connectivity index (χ3v) is 6.73. The minimum atomic E-state index is -0.817. The summed E-state index contributed by atoms with van der Waals surface area (Å²) in [6.07, 6.45) is 3.01. The molecular weight excluding hydrogens is 495 g/mol. The Hall–Kier alpha value is -3.66. The van der Waals surface area contributed by atoms with E-state index in [1.54, 1.807) is 18.0 Å². The van der Waals surface area contributed by atoms with Crippen molar-refractivity contribution in [3.8, 4) is 6.07 Å². The predicted molar refractivity (Wildman–Crippen MR) is 135 cm³/mol. The Morgan fingerprint density at radius 3 is 2.71 bits per heavy atom. The number of halogens is 1. The standard InChI is InChI=1S/C26H31FN6O5/c1-32(24(34)16-6-9-38-10-7-16)15-18-11-17-5-4-8-33(23(17)31-22(18)25(36-2)37-3)26(35)30-21-12-20(27)19(13-28)14-29-21/h11-12,14,16,25H,4-10,15H2,1-3H3,(H,29,30,35). The van der Waals surface area contributed by atoms with Crippen molar-refractivity contribution in [2.45, 2.75) is 38.5 Å². The molecule has 0 bridgehead atoms. The molecular formula is C26H31FN6O5. The molecule has 1 saturated heterocycles. The van der Waals surface area contributed by atoms with Crippen molar-refractivity contribution in [3.05, 3.63) is 46.5 Å². The van der Waals surface area contributed by atoms with E-state index in [1.165, 1.54) is 19.1 Å². The van der Waals surface area contributed by atoms with Gasteiger partial charge in [0.15, 0.2) is 0 Å². The van der Waals surface area contributed by atoms with Gasteiger partial charge in [0.1, 0.15) is 34.8 Å². The summed E-state index contributed by atoms with van der Waals surface area (Å²) in [5.41, 5.74) is 1.85. The van der Waals surface area contributed by atoms with Crippen LogP contribution in [0.15, 0.2) is 18.3 Å². The maximum Gasteiger partial charge on any atom is 0.328 e. The Labute approximate surface area is 220 Å². The molecule has 0 unspecified atom stereocenters. The van der Waals surface area contributed by atoms with Crippen LogP contribution in [-0.4, -0.2) is 67.8 Å². The Balaban J connectivity index is 1.61. The molecule has 3 amide bonds. The number of hydrogen-bond acceptors (Lipinski definition) is 8. The number of aryl methyl sites for hydroxylation is 1. The lowest BCUT2D eigenvalue weighted by Gasteiger charge is -2.31. The fraction of sp³-hybridized carbons (Fsp3) is 0.500. The van der Waals surface area contributed by atoms with Gasteiger partial charge in [0, 0.05) is 59.6 Å². The molecule has 0 atom stereocenters. The van der Waals surface area contributed by atoms with E-state index < -0.39 is 18.1 Å². The van der Waals surface area contributed by atoms with Crippen LogP contribution in [0, 0.1) is 23.1 Å². The van der Waals surface area contributed by atoms with Crippen LogP contribution in [0.2, 0.25) is 0 Å². The lowest BCUT2D eigenvalue weighted by Crippen LogP contribution is -2.40. The lowest BCUT2D eigenvalue weighted by molar-refractivity contribution is -0.138. The van der Waals surface area contributed by atoms with Gasteiger partial charge in [-0.1, -0.05) is 0 Å². The van der Waals surface area contributed by atoms with Gasteiger partial charge in [-0.3, -0.25) is 15.0 Å². The summed E-state index contributed by atoms with van der Waals surface area (Å²) < 4.78 is 30.4. The zero-order valence-electron chi connectivity index (χ0n) is 21.7. The Morgan fingerprint density at radius 2 is 2.05 bits per heavy atom. The average Bonchev–Trinajstić information content (AvgIpc) is 2.93. The zero-order valence-corrected chi connectivity index (χ0v) is 21.7. The number of amides is 3. The van der Waals surface area contributed by atoms with Gasteiger partial charge in [-0.05, 0) is 42.9 Å². The number of methoxy groups -OCH3 is 2.